The van der Waals surface area contributed by atoms with Gasteiger partial charge in [0.1, 0.15) is 11.6 Å². The average Bonchev–Trinajstić information content (AvgIpc) is 3.04. The Morgan fingerprint density at radius 2 is 2.09 bits per heavy atom. The number of aromatic nitrogens is 1. The molecule has 1 fully saturated rings. The summed E-state index contributed by atoms with van der Waals surface area (Å²) in [6.07, 6.45) is 3.80. The Labute approximate surface area is 129 Å². The van der Waals surface area contributed by atoms with Crippen LogP contribution in [0, 0.1) is 0 Å². The molecule has 0 aliphatic carbocycles. The Morgan fingerprint density at radius 1 is 1.32 bits per heavy atom. The van der Waals surface area contributed by atoms with E-state index in [0.29, 0.717) is 5.56 Å². The molecule has 1 aliphatic heterocycles. The van der Waals surface area contributed by atoms with Gasteiger partial charge in [-0.25, -0.2) is 4.98 Å². The number of carbonyl (C=O) groups excluding carboxylic acids is 1. The van der Waals surface area contributed by atoms with Crippen LogP contribution in [0.4, 0.5) is 5.82 Å². The fraction of sp³-hybridized carbons (Fsp3) is 0.294. The fourth-order valence-corrected chi connectivity index (χ4v) is 2.94. The van der Waals surface area contributed by atoms with Crippen LogP contribution in [0.3, 0.4) is 0 Å². The largest absolute Gasteiger partial charge is 0.497 e. The lowest BCUT2D eigenvalue weighted by molar-refractivity contribution is 0.1000. The van der Waals surface area contributed by atoms with Crippen LogP contribution in [0.5, 0.6) is 5.75 Å². The van der Waals surface area contributed by atoms with E-state index in [1.54, 1.807) is 25.4 Å². The minimum absolute atomic E-state index is 0.265. The van der Waals surface area contributed by atoms with E-state index in [1.165, 1.54) is 5.56 Å². The quantitative estimate of drug-likeness (QED) is 0.941. The topological polar surface area (TPSA) is 68.5 Å². The average molecular weight is 297 g/mol. The van der Waals surface area contributed by atoms with Gasteiger partial charge in [0.25, 0.3) is 0 Å². The number of amides is 1. The van der Waals surface area contributed by atoms with E-state index in [9.17, 15) is 4.79 Å². The number of benzene rings is 1. The predicted octanol–water partition coefficient (Wildman–Crippen LogP) is 2.53. The van der Waals surface area contributed by atoms with Crippen molar-refractivity contribution in [1.29, 1.82) is 0 Å². The van der Waals surface area contributed by atoms with Gasteiger partial charge in [0, 0.05) is 18.3 Å². The first-order valence-electron chi connectivity index (χ1n) is 7.35. The molecule has 22 heavy (non-hydrogen) atoms. The van der Waals surface area contributed by atoms with E-state index in [-0.39, 0.29) is 6.04 Å². The van der Waals surface area contributed by atoms with Crippen molar-refractivity contribution in [3.05, 3.63) is 53.7 Å². The molecule has 1 amide bonds. The highest BCUT2D eigenvalue weighted by molar-refractivity contribution is 5.93. The number of methoxy groups -OCH3 is 1. The molecule has 1 aromatic heterocycles. The van der Waals surface area contributed by atoms with Crippen molar-refractivity contribution in [3.8, 4) is 5.75 Å². The van der Waals surface area contributed by atoms with Crippen molar-refractivity contribution in [2.45, 2.75) is 18.9 Å². The van der Waals surface area contributed by atoms with E-state index >= 15 is 0 Å². The molecule has 1 aliphatic rings. The van der Waals surface area contributed by atoms with Crippen molar-refractivity contribution >= 4 is 11.7 Å². The summed E-state index contributed by atoms with van der Waals surface area (Å²) >= 11 is 0. The summed E-state index contributed by atoms with van der Waals surface area (Å²) in [5.74, 6) is 1.22. The van der Waals surface area contributed by atoms with Gasteiger partial charge in [-0.2, -0.15) is 0 Å². The second-order valence-corrected chi connectivity index (χ2v) is 5.39. The van der Waals surface area contributed by atoms with Crippen LogP contribution in [0.2, 0.25) is 0 Å². The first-order chi connectivity index (χ1) is 10.7. The summed E-state index contributed by atoms with van der Waals surface area (Å²) in [4.78, 5) is 18.0. The molecule has 0 spiro atoms. The zero-order valence-corrected chi connectivity index (χ0v) is 12.5. The Balaban J connectivity index is 1.89. The zero-order chi connectivity index (χ0) is 15.5. The lowest BCUT2D eigenvalue weighted by Crippen LogP contribution is -2.24. The summed E-state index contributed by atoms with van der Waals surface area (Å²) < 4.78 is 5.21. The van der Waals surface area contributed by atoms with Crippen LogP contribution in [0.15, 0.2) is 42.6 Å². The number of ether oxygens (including phenoxy) is 1. The van der Waals surface area contributed by atoms with E-state index in [0.717, 1.165) is 31.0 Å². The minimum atomic E-state index is -0.427. The highest BCUT2D eigenvalue weighted by Gasteiger charge is 2.27. The molecule has 2 aromatic rings. The van der Waals surface area contributed by atoms with Gasteiger partial charge in [-0.05, 0) is 42.7 Å². The van der Waals surface area contributed by atoms with Crippen molar-refractivity contribution in [3.63, 3.8) is 0 Å². The van der Waals surface area contributed by atoms with Gasteiger partial charge in [-0.3, -0.25) is 4.79 Å². The molecule has 0 bridgehead atoms. The van der Waals surface area contributed by atoms with E-state index in [4.69, 9.17) is 10.5 Å². The molecule has 5 nitrogen and oxygen atoms in total. The number of rotatable bonds is 4. The van der Waals surface area contributed by atoms with Crippen LogP contribution in [0.1, 0.15) is 34.8 Å². The summed E-state index contributed by atoms with van der Waals surface area (Å²) in [6.45, 7) is 0.923. The predicted molar refractivity (Wildman–Crippen MR) is 85.1 cm³/mol. The molecular formula is C17H19N3O2. The Hall–Kier alpha value is -2.56. The van der Waals surface area contributed by atoms with Crippen molar-refractivity contribution in [2.75, 3.05) is 18.6 Å². The smallest absolute Gasteiger partial charge is 0.248 e. The lowest BCUT2D eigenvalue weighted by Gasteiger charge is -2.26. The molecule has 5 heteroatoms. The maximum Gasteiger partial charge on any atom is 0.248 e. The molecule has 2 N–H and O–H groups in total. The monoisotopic (exact) mass is 297 g/mol. The number of carbonyl (C=O) groups is 1. The third kappa shape index (κ3) is 2.74. The lowest BCUT2D eigenvalue weighted by atomic mass is 10.0. The number of primary amides is 1. The summed E-state index contributed by atoms with van der Waals surface area (Å²) in [6, 6.07) is 11.8. The molecule has 2 heterocycles. The maximum absolute atomic E-state index is 11.4. The van der Waals surface area contributed by atoms with Crippen LogP contribution in [-0.4, -0.2) is 24.5 Å². The van der Waals surface area contributed by atoms with Crippen LogP contribution < -0.4 is 15.4 Å². The third-order valence-corrected chi connectivity index (χ3v) is 4.08. The van der Waals surface area contributed by atoms with Gasteiger partial charge in [-0.15, -0.1) is 0 Å². The highest BCUT2D eigenvalue weighted by atomic mass is 16.5. The second-order valence-electron chi connectivity index (χ2n) is 5.39. The van der Waals surface area contributed by atoms with E-state index in [1.807, 2.05) is 12.1 Å². The van der Waals surface area contributed by atoms with Crippen molar-refractivity contribution in [2.24, 2.45) is 5.73 Å². The summed E-state index contributed by atoms with van der Waals surface area (Å²) in [5.41, 5.74) is 7.08. The van der Waals surface area contributed by atoms with Gasteiger partial charge in [0.2, 0.25) is 5.91 Å². The van der Waals surface area contributed by atoms with Crippen molar-refractivity contribution in [1.82, 2.24) is 4.98 Å². The highest BCUT2D eigenvalue weighted by Crippen LogP contribution is 2.35. The molecular weight excluding hydrogens is 278 g/mol. The number of nitrogens with two attached hydrogens (primary N) is 1. The Bertz CT molecular complexity index is 670. The maximum atomic E-state index is 11.4. The SMILES string of the molecule is COc1ccc([C@@H]2CCCN2c2cc(C(N)=O)ccn2)cc1. The fourth-order valence-electron chi connectivity index (χ4n) is 2.94. The second kappa shape index (κ2) is 6.05. The minimum Gasteiger partial charge on any atom is -0.497 e. The molecule has 3 rings (SSSR count). The van der Waals surface area contributed by atoms with Gasteiger partial charge in [-0.1, -0.05) is 12.1 Å². The number of hydrogen-bond acceptors (Lipinski definition) is 4. The first kappa shape index (κ1) is 14.4. The molecule has 114 valence electrons. The Morgan fingerprint density at radius 3 is 2.77 bits per heavy atom. The number of nitrogens with zero attached hydrogens (tertiary/aromatic N) is 2. The van der Waals surface area contributed by atoms with Gasteiger partial charge in [0.15, 0.2) is 0 Å². The van der Waals surface area contributed by atoms with Crippen LogP contribution in [-0.2, 0) is 0 Å². The third-order valence-electron chi connectivity index (χ3n) is 4.08. The zero-order valence-electron chi connectivity index (χ0n) is 12.5. The number of hydrogen-bond donors (Lipinski definition) is 1. The van der Waals surface area contributed by atoms with Gasteiger partial charge >= 0.3 is 0 Å². The molecule has 1 atom stereocenters. The first-order valence-corrected chi connectivity index (χ1v) is 7.35. The Kier molecular flexibility index (Phi) is 3.96. The molecule has 0 radical (unpaired) electrons. The van der Waals surface area contributed by atoms with Crippen LogP contribution >= 0.6 is 0 Å². The van der Waals surface area contributed by atoms with E-state index in [2.05, 4.69) is 22.0 Å². The van der Waals surface area contributed by atoms with E-state index < -0.39 is 5.91 Å². The van der Waals surface area contributed by atoms with Gasteiger partial charge < -0.3 is 15.4 Å². The standard InChI is InChI=1S/C17H19N3O2/c1-22-14-6-4-12(5-7-14)15-3-2-10-20(15)16-11-13(17(18)21)8-9-19-16/h4-9,11,15H,2-3,10H2,1H3,(H2,18,21)/t15-/m0/s1. The molecule has 1 aromatic carbocycles. The summed E-state index contributed by atoms with van der Waals surface area (Å²) in [7, 11) is 1.66. The number of pyridine rings is 1. The normalized spacial score (nSPS) is 17.5. The van der Waals surface area contributed by atoms with Crippen molar-refractivity contribution < 1.29 is 9.53 Å². The number of anilines is 1. The van der Waals surface area contributed by atoms with Gasteiger partial charge in [0.05, 0.1) is 13.2 Å². The van der Waals surface area contributed by atoms with Crippen LogP contribution in [0.25, 0.3) is 0 Å². The summed E-state index contributed by atoms with van der Waals surface area (Å²) in [5, 5.41) is 0. The molecule has 0 saturated carbocycles. The molecule has 1 saturated heterocycles. The molecule has 0 unspecified atom stereocenters.